The fourth-order valence-corrected chi connectivity index (χ4v) is 3.31. The maximum Gasteiger partial charge on any atom is 0.416 e. The van der Waals surface area contributed by atoms with Gasteiger partial charge in [-0.3, -0.25) is 0 Å². The Kier molecular flexibility index (Phi) is 6.55. The van der Waals surface area contributed by atoms with E-state index in [4.69, 9.17) is 9.47 Å². The molecule has 0 bridgehead atoms. The average Bonchev–Trinajstić information content (AvgIpc) is 3.39. The molecule has 2 rings (SSSR count). The number of carbonyl (C=O) groups excluding carboxylic acids is 1. The number of allylic oxidation sites excluding steroid dienone is 4. The molecule has 1 heterocycles. The standard InChI is InChI=1S/C19H26F3NO3/c1-4-15(19(20,21)22)9-6-13(2)26-18(17(24)25-3)10-5-11-23-16(18)12-14-7-8-14/h4,6,9,14,16,23H,2,5,7-8,10-12H2,1,3H3/b9-6-,15-4+/t16-,18+/m1/s1. The molecule has 0 radical (unpaired) electrons. The van der Waals surface area contributed by atoms with Crippen LogP contribution in [0.4, 0.5) is 13.2 Å². The molecule has 26 heavy (non-hydrogen) atoms. The summed E-state index contributed by atoms with van der Waals surface area (Å²) in [5, 5.41) is 3.32. The van der Waals surface area contributed by atoms with Crippen molar-refractivity contribution in [1.29, 1.82) is 0 Å². The van der Waals surface area contributed by atoms with Crippen molar-refractivity contribution in [2.24, 2.45) is 5.92 Å². The SMILES string of the molecule is C=C(/C=C\C(=C/C)C(F)(F)F)O[C@@]1(C(=O)OC)CCCN[C@@H]1CC1CC1. The van der Waals surface area contributed by atoms with Gasteiger partial charge in [-0.15, -0.1) is 0 Å². The van der Waals surface area contributed by atoms with E-state index in [9.17, 15) is 18.0 Å². The van der Waals surface area contributed by atoms with Crippen LogP contribution in [0.15, 0.2) is 36.1 Å². The number of alkyl halides is 3. The molecule has 0 aromatic heterocycles. The minimum atomic E-state index is -4.45. The fourth-order valence-electron chi connectivity index (χ4n) is 3.31. The van der Waals surface area contributed by atoms with Crippen LogP contribution in [0.2, 0.25) is 0 Å². The Morgan fingerprint density at radius 3 is 2.58 bits per heavy atom. The molecule has 0 aromatic carbocycles. The number of rotatable bonds is 7. The lowest BCUT2D eigenvalue weighted by Gasteiger charge is -2.42. The fraction of sp³-hybridized carbons (Fsp3) is 0.632. The minimum absolute atomic E-state index is 0.00324. The molecule has 0 amide bonds. The van der Waals surface area contributed by atoms with E-state index in [2.05, 4.69) is 11.9 Å². The van der Waals surface area contributed by atoms with E-state index in [0.29, 0.717) is 18.8 Å². The Morgan fingerprint density at radius 2 is 2.04 bits per heavy atom. The van der Waals surface area contributed by atoms with Gasteiger partial charge in [0.15, 0.2) is 0 Å². The van der Waals surface area contributed by atoms with Gasteiger partial charge in [-0.05, 0) is 44.4 Å². The second-order valence-corrected chi connectivity index (χ2v) is 6.81. The highest BCUT2D eigenvalue weighted by atomic mass is 19.4. The summed E-state index contributed by atoms with van der Waals surface area (Å²) in [7, 11) is 1.29. The monoisotopic (exact) mass is 373 g/mol. The first-order chi connectivity index (χ1) is 12.2. The minimum Gasteiger partial charge on any atom is -0.475 e. The van der Waals surface area contributed by atoms with Gasteiger partial charge in [-0.2, -0.15) is 13.2 Å². The van der Waals surface area contributed by atoms with E-state index >= 15 is 0 Å². The number of halogens is 3. The van der Waals surface area contributed by atoms with Crippen molar-refractivity contribution >= 4 is 5.97 Å². The van der Waals surface area contributed by atoms with Crippen molar-refractivity contribution in [2.75, 3.05) is 13.7 Å². The van der Waals surface area contributed by atoms with Crippen molar-refractivity contribution in [1.82, 2.24) is 5.32 Å². The number of hydrogen-bond acceptors (Lipinski definition) is 4. The summed E-state index contributed by atoms with van der Waals surface area (Å²) < 4.78 is 49.3. The molecule has 2 atom stereocenters. The molecule has 1 saturated carbocycles. The highest BCUT2D eigenvalue weighted by molar-refractivity contribution is 5.81. The number of ether oxygens (including phenoxy) is 2. The summed E-state index contributed by atoms with van der Waals surface area (Å²) in [4.78, 5) is 12.5. The second-order valence-electron chi connectivity index (χ2n) is 6.81. The van der Waals surface area contributed by atoms with Crippen molar-refractivity contribution in [3.8, 4) is 0 Å². The number of esters is 1. The summed E-state index contributed by atoms with van der Waals surface area (Å²) >= 11 is 0. The van der Waals surface area contributed by atoms with Crippen LogP contribution >= 0.6 is 0 Å². The topological polar surface area (TPSA) is 47.6 Å². The molecule has 2 aliphatic rings. The largest absolute Gasteiger partial charge is 0.475 e. The van der Waals surface area contributed by atoms with Crippen LogP contribution in [0, 0.1) is 5.92 Å². The number of hydrogen-bond donors (Lipinski definition) is 1. The number of piperidine rings is 1. The molecule has 2 fully saturated rings. The van der Waals surface area contributed by atoms with Gasteiger partial charge >= 0.3 is 12.1 Å². The third-order valence-corrected chi connectivity index (χ3v) is 4.88. The van der Waals surface area contributed by atoms with Crippen LogP contribution < -0.4 is 5.32 Å². The molecule has 7 heteroatoms. The highest BCUT2D eigenvalue weighted by Gasteiger charge is 2.52. The van der Waals surface area contributed by atoms with E-state index in [0.717, 1.165) is 44.0 Å². The molecule has 0 unspecified atom stereocenters. The zero-order chi connectivity index (χ0) is 19.4. The molecule has 0 aromatic rings. The van der Waals surface area contributed by atoms with Gasteiger partial charge in [0.05, 0.1) is 18.7 Å². The number of nitrogens with one attached hydrogen (secondary N) is 1. The van der Waals surface area contributed by atoms with E-state index in [-0.39, 0.29) is 11.8 Å². The van der Waals surface area contributed by atoms with Gasteiger partial charge in [0.2, 0.25) is 5.60 Å². The summed E-state index contributed by atoms with van der Waals surface area (Å²) in [6.45, 7) is 5.76. The van der Waals surface area contributed by atoms with Crippen LogP contribution in [-0.2, 0) is 14.3 Å². The van der Waals surface area contributed by atoms with Crippen molar-refractivity contribution in [3.63, 3.8) is 0 Å². The zero-order valence-corrected chi connectivity index (χ0v) is 15.2. The summed E-state index contributed by atoms with van der Waals surface area (Å²) in [6.07, 6.45) is 2.72. The molecule has 0 spiro atoms. The normalized spacial score (nSPS) is 27.4. The van der Waals surface area contributed by atoms with Crippen molar-refractivity contribution < 1.29 is 27.4 Å². The molecular weight excluding hydrogens is 347 g/mol. The Balaban J connectivity index is 2.18. The first-order valence-electron chi connectivity index (χ1n) is 8.84. The number of carbonyl (C=O) groups is 1. The molecule has 1 aliphatic heterocycles. The molecule has 1 N–H and O–H groups in total. The lowest BCUT2D eigenvalue weighted by Crippen LogP contribution is -2.61. The average molecular weight is 373 g/mol. The first-order valence-corrected chi connectivity index (χ1v) is 8.84. The lowest BCUT2D eigenvalue weighted by molar-refractivity contribution is -0.171. The molecular formula is C19H26F3NO3. The molecule has 1 saturated heterocycles. The van der Waals surface area contributed by atoms with E-state index in [1.54, 1.807) is 0 Å². The Labute approximate surface area is 152 Å². The van der Waals surface area contributed by atoms with Gasteiger partial charge in [-0.25, -0.2) is 4.79 Å². The smallest absolute Gasteiger partial charge is 0.416 e. The predicted molar refractivity (Wildman–Crippen MR) is 92.3 cm³/mol. The number of methoxy groups -OCH3 is 1. The lowest BCUT2D eigenvalue weighted by atomic mass is 9.82. The van der Waals surface area contributed by atoms with Crippen molar-refractivity contribution in [2.45, 2.75) is 56.8 Å². The summed E-state index contributed by atoms with van der Waals surface area (Å²) in [5.74, 6) is 0.0253. The van der Waals surface area contributed by atoms with Crippen LogP contribution in [0.5, 0.6) is 0 Å². The Hall–Kier alpha value is -1.76. The van der Waals surface area contributed by atoms with Gasteiger partial charge in [0, 0.05) is 6.42 Å². The highest BCUT2D eigenvalue weighted by Crippen LogP contribution is 2.40. The maximum absolute atomic E-state index is 12.8. The third kappa shape index (κ3) is 4.90. The molecule has 146 valence electrons. The second kappa shape index (κ2) is 8.29. The van der Waals surface area contributed by atoms with Crippen LogP contribution in [-0.4, -0.2) is 37.4 Å². The Morgan fingerprint density at radius 1 is 1.35 bits per heavy atom. The Bertz CT molecular complexity index is 593. The van der Waals surface area contributed by atoms with Crippen molar-refractivity contribution in [3.05, 3.63) is 36.1 Å². The quantitative estimate of drug-likeness (QED) is 0.416. The van der Waals surface area contributed by atoms with E-state index in [1.807, 2.05) is 0 Å². The maximum atomic E-state index is 12.8. The zero-order valence-electron chi connectivity index (χ0n) is 15.2. The first kappa shape index (κ1) is 20.6. The van der Waals surface area contributed by atoms with E-state index in [1.165, 1.54) is 14.0 Å². The van der Waals surface area contributed by atoms with Gasteiger partial charge < -0.3 is 14.8 Å². The predicted octanol–water partition coefficient (Wildman–Crippen LogP) is 4.05. The summed E-state index contributed by atoms with van der Waals surface area (Å²) in [6, 6.07) is -0.245. The third-order valence-electron chi connectivity index (χ3n) is 4.88. The van der Waals surface area contributed by atoms with Crippen LogP contribution in [0.1, 0.15) is 39.0 Å². The van der Waals surface area contributed by atoms with Crippen LogP contribution in [0.25, 0.3) is 0 Å². The van der Waals surface area contributed by atoms with Gasteiger partial charge in [0.25, 0.3) is 0 Å². The van der Waals surface area contributed by atoms with Gasteiger partial charge in [-0.1, -0.05) is 25.5 Å². The summed E-state index contributed by atoms with van der Waals surface area (Å²) in [5.41, 5.74) is -2.06. The molecule has 4 nitrogen and oxygen atoms in total. The van der Waals surface area contributed by atoms with Crippen LogP contribution in [0.3, 0.4) is 0 Å². The molecule has 1 aliphatic carbocycles. The van der Waals surface area contributed by atoms with Gasteiger partial charge in [0.1, 0.15) is 5.76 Å². The van der Waals surface area contributed by atoms with E-state index < -0.39 is 23.3 Å².